The molecule has 0 bridgehead atoms. The van der Waals surface area contributed by atoms with E-state index in [0.717, 1.165) is 0 Å². The summed E-state index contributed by atoms with van der Waals surface area (Å²) in [5.74, 6) is 0. The molecule has 2 rings (SSSR count). The summed E-state index contributed by atoms with van der Waals surface area (Å²) < 4.78 is 0. The fraction of sp³-hybridized carbons (Fsp3) is 0.625. The number of benzene rings is 1. The van der Waals surface area contributed by atoms with E-state index in [-0.39, 0.29) is 0 Å². The molecule has 1 N–H and O–H groups in total. The third kappa shape index (κ3) is 2.26. The van der Waals surface area contributed by atoms with Gasteiger partial charge in [0.25, 0.3) is 0 Å². The molecule has 0 saturated carbocycles. The molecule has 1 nitrogen and oxygen atoms in total. The van der Waals surface area contributed by atoms with Crippen LogP contribution in [0.1, 0.15) is 48.4 Å². The molecule has 0 radical (unpaired) electrons. The fourth-order valence-electron chi connectivity index (χ4n) is 3.70. The van der Waals surface area contributed by atoms with Gasteiger partial charge >= 0.3 is 0 Å². The first-order valence-corrected chi connectivity index (χ1v) is 6.88. The zero-order chi connectivity index (χ0) is 12.5. The van der Waals surface area contributed by atoms with Gasteiger partial charge in [0.05, 0.1) is 0 Å². The quantitative estimate of drug-likeness (QED) is 0.819. The summed E-state index contributed by atoms with van der Waals surface area (Å²) in [6.07, 6.45) is 3.84. The van der Waals surface area contributed by atoms with Crippen molar-refractivity contribution in [2.45, 2.75) is 52.4 Å². The zero-order valence-corrected chi connectivity index (χ0v) is 11.7. The maximum atomic E-state index is 3.49. The minimum Gasteiger partial charge on any atom is -0.317 e. The van der Waals surface area contributed by atoms with E-state index in [4.69, 9.17) is 0 Å². The molecule has 0 unspecified atom stereocenters. The summed E-state index contributed by atoms with van der Waals surface area (Å²) in [7, 11) is 0. The van der Waals surface area contributed by atoms with Crippen LogP contribution in [-0.4, -0.2) is 13.1 Å². The average Bonchev–Trinajstić information content (AvgIpc) is 2.28. The Morgan fingerprint density at radius 3 is 2.06 bits per heavy atom. The molecule has 1 saturated heterocycles. The Morgan fingerprint density at radius 1 is 1.06 bits per heavy atom. The van der Waals surface area contributed by atoms with Crippen LogP contribution >= 0.6 is 0 Å². The third-order valence-electron chi connectivity index (χ3n) is 4.44. The first-order chi connectivity index (χ1) is 8.09. The van der Waals surface area contributed by atoms with Crippen LogP contribution in [0.5, 0.6) is 0 Å². The molecule has 1 aliphatic heterocycles. The van der Waals surface area contributed by atoms with Gasteiger partial charge in [-0.3, -0.25) is 0 Å². The fourth-order valence-corrected chi connectivity index (χ4v) is 3.70. The van der Waals surface area contributed by atoms with Crippen molar-refractivity contribution in [2.75, 3.05) is 13.1 Å². The van der Waals surface area contributed by atoms with Crippen molar-refractivity contribution in [3.05, 3.63) is 34.4 Å². The van der Waals surface area contributed by atoms with Crippen molar-refractivity contribution in [1.82, 2.24) is 5.32 Å². The summed E-state index contributed by atoms with van der Waals surface area (Å²) >= 11 is 0. The summed E-state index contributed by atoms with van der Waals surface area (Å²) in [6, 6.07) is 4.70. The SMILES string of the molecule is CCC1(c2c(C)cc(C)cc2C)CCNCC1. The van der Waals surface area contributed by atoms with Gasteiger partial charge in [-0.1, -0.05) is 24.6 Å². The zero-order valence-electron chi connectivity index (χ0n) is 11.7. The Bertz CT molecular complexity index is 377. The second kappa shape index (κ2) is 4.81. The first-order valence-electron chi connectivity index (χ1n) is 6.88. The highest BCUT2D eigenvalue weighted by Gasteiger charge is 2.34. The monoisotopic (exact) mass is 231 g/mol. The van der Waals surface area contributed by atoms with E-state index < -0.39 is 0 Å². The minimum atomic E-state index is 0.424. The van der Waals surface area contributed by atoms with Gasteiger partial charge in [0.15, 0.2) is 0 Å². The molecule has 0 spiro atoms. The Balaban J connectivity index is 2.50. The van der Waals surface area contributed by atoms with Gasteiger partial charge in [-0.15, -0.1) is 0 Å². The lowest BCUT2D eigenvalue weighted by Crippen LogP contribution is -2.40. The highest BCUT2D eigenvalue weighted by atomic mass is 14.9. The number of rotatable bonds is 2. The maximum Gasteiger partial charge on any atom is -0.00203 e. The van der Waals surface area contributed by atoms with Gasteiger partial charge in [0.1, 0.15) is 0 Å². The molecule has 1 heterocycles. The summed E-state index contributed by atoms with van der Waals surface area (Å²) in [4.78, 5) is 0. The molecular formula is C16H25N. The Labute approximate surface area is 106 Å². The van der Waals surface area contributed by atoms with Crippen LogP contribution in [0, 0.1) is 20.8 Å². The van der Waals surface area contributed by atoms with E-state index in [0.29, 0.717) is 5.41 Å². The predicted octanol–water partition coefficient (Wildman–Crippen LogP) is 3.64. The maximum absolute atomic E-state index is 3.49. The number of hydrogen-bond acceptors (Lipinski definition) is 1. The van der Waals surface area contributed by atoms with Crippen LogP contribution in [-0.2, 0) is 5.41 Å². The molecule has 17 heavy (non-hydrogen) atoms. The van der Waals surface area contributed by atoms with Crippen LogP contribution in [0.2, 0.25) is 0 Å². The van der Waals surface area contributed by atoms with E-state index in [9.17, 15) is 0 Å². The Hall–Kier alpha value is -0.820. The third-order valence-corrected chi connectivity index (χ3v) is 4.44. The van der Waals surface area contributed by atoms with E-state index >= 15 is 0 Å². The van der Waals surface area contributed by atoms with Crippen molar-refractivity contribution >= 4 is 0 Å². The molecule has 94 valence electrons. The number of nitrogens with one attached hydrogen (secondary N) is 1. The predicted molar refractivity (Wildman–Crippen MR) is 74.7 cm³/mol. The lowest BCUT2D eigenvalue weighted by Gasteiger charge is -2.39. The number of aryl methyl sites for hydroxylation is 3. The van der Waals surface area contributed by atoms with Crippen molar-refractivity contribution in [2.24, 2.45) is 0 Å². The van der Waals surface area contributed by atoms with Crippen molar-refractivity contribution in [3.63, 3.8) is 0 Å². The van der Waals surface area contributed by atoms with Crippen molar-refractivity contribution in [1.29, 1.82) is 0 Å². The largest absolute Gasteiger partial charge is 0.317 e. The number of piperidine rings is 1. The molecule has 0 aromatic heterocycles. The Morgan fingerprint density at radius 2 is 1.59 bits per heavy atom. The molecule has 0 atom stereocenters. The lowest BCUT2D eigenvalue weighted by atomic mass is 9.68. The van der Waals surface area contributed by atoms with Crippen molar-refractivity contribution < 1.29 is 0 Å². The molecule has 1 aliphatic rings. The van der Waals surface area contributed by atoms with Crippen LogP contribution in [0.15, 0.2) is 12.1 Å². The van der Waals surface area contributed by atoms with Gasteiger partial charge in [-0.25, -0.2) is 0 Å². The van der Waals surface area contributed by atoms with Crippen LogP contribution in [0.3, 0.4) is 0 Å². The van der Waals surface area contributed by atoms with Crippen LogP contribution < -0.4 is 5.32 Å². The molecule has 1 fully saturated rings. The van der Waals surface area contributed by atoms with Crippen LogP contribution in [0.25, 0.3) is 0 Å². The topological polar surface area (TPSA) is 12.0 Å². The second-order valence-corrected chi connectivity index (χ2v) is 5.66. The van der Waals surface area contributed by atoms with Gasteiger partial charge in [-0.05, 0) is 75.2 Å². The molecule has 1 aromatic carbocycles. The molecular weight excluding hydrogens is 206 g/mol. The Kier molecular flexibility index (Phi) is 3.58. The summed E-state index contributed by atoms with van der Waals surface area (Å²) in [5.41, 5.74) is 6.43. The second-order valence-electron chi connectivity index (χ2n) is 5.66. The van der Waals surface area contributed by atoms with E-state index in [1.165, 1.54) is 49.0 Å². The van der Waals surface area contributed by atoms with Gasteiger partial charge < -0.3 is 5.32 Å². The molecule has 0 amide bonds. The average molecular weight is 231 g/mol. The van der Waals surface area contributed by atoms with Crippen LogP contribution in [0.4, 0.5) is 0 Å². The van der Waals surface area contributed by atoms with E-state index in [2.05, 4.69) is 45.1 Å². The van der Waals surface area contributed by atoms with Crippen molar-refractivity contribution in [3.8, 4) is 0 Å². The highest BCUT2D eigenvalue weighted by molar-refractivity contribution is 5.43. The standard InChI is InChI=1S/C16H25N/c1-5-16(6-8-17-9-7-16)15-13(3)10-12(2)11-14(15)4/h10-11,17H,5-9H2,1-4H3. The lowest BCUT2D eigenvalue weighted by molar-refractivity contribution is 0.295. The molecule has 0 aliphatic carbocycles. The number of hydrogen-bond donors (Lipinski definition) is 1. The van der Waals surface area contributed by atoms with Gasteiger partial charge in [0, 0.05) is 0 Å². The highest BCUT2D eigenvalue weighted by Crippen LogP contribution is 2.40. The minimum absolute atomic E-state index is 0.424. The normalized spacial score (nSPS) is 19.3. The van der Waals surface area contributed by atoms with Gasteiger partial charge in [-0.2, -0.15) is 0 Å². The molecule has 1 aromatic rings. The van der Waals surface area contributed by atoms with E-state index in [1.807, 2.05) is 0 Å². The summed E-state index contributed by atoms with van der Waals surface area (Å²) in [6.45, 7) is 11.5. The van der Waals surface area contributed by atoms with Gasteiger partial charge in [0.2, 0.25) is 0 Å². The summed E-state index contributed by atoms with van der Waals surface area (Å²) in [5, 5.41) is 3.49. The molecule has 1 heteroatoms. The smallest absolute Gasteiger partial charge is 0.00203 e. The first kappa shape index (κ1) is 12.6. The van der Waals surface area contributed by atoms with E-state index in [1.54, 1.807) is 5.56 Å².